The van der Waals surface area contributed by atoms with E-state index in [1.54, 1.807) is 0 Å². The Kier molecular flexibility index (Phi) is 4.65. The minimum atomic E-state index is -0.175. The number of fused-ring (bicyclic) bond motifs is 1. The van der Waals surface area contributed by atoms with Crippen molar-refractivity contribution in [3.05, 3.63) is 71.9 Å². The average molecular weight is 374 g/mol. The van der Waals surface area contributed by atoms with Crippen LogP contribution < -0.4 is 5.32 Å². The van der Waals surface area contributed by atoms with Crippen LogP contribution >= 0.6 is 0 Å². The number of carbonyl (C=O) groups is 1. The van der Waals surface area contributed by atoms with Gasteiger partial charge in [-0.3, -0.25) is 9.69 Å². The lowest BCUT2D eigenvalue weighted by Gasteiger charge is -2.37. The molecule has 1 aromatic heterocycles. The zero-order chi connectivity index (χ0) is 18.9. The van der Waals surface area contributed by atoms with Crippen molar-refractivity contribution >= 4 is 16.8 Å². The molecule has 0 spiro atoms. The van der Waals surface area contributed by atoms with Gasteiger partial charge in [0.15, 0.2) is 0 Å². The molecular formula is C24H27N3O. The molecule has 28 heavy (non-hydrogen) atoms. The summed E-state index contributed by atoms with van der Waals surface area (Å²) in [7, 11) is 0. The van der Waals surface area contributed by atoms with Crippen molar-refractivity contribution in [2.24, 2.45) is 0 Å². The number of aromatic amines is 1. The van der Waals surface area contributed by atoms with Crippen LogP contribution in [0.2, 0.25) is 0 Å². The van der Waals surface area contributed by atoms with E-state index in [2.05, 4.69) is 57.8 Å². The smallest absolute Gasteiger partial charge is 0.242 e. The lowest BCUT2D eigenvalue weighted by atomic mass is 9.88. The molecule has 1 unspecified atom stereocenters. The van der Waals surface area contributed by atoms with E-state index in [0.29, 0.717) is 12.0 Å². The summed E-state index contributed by atoms with van der Waals surface area (Å²) in [6.45, 7) is 1.89. The number of benzene rings is 2. The summed E-state index contributed by atoms with van der Waals surface area (Å²) in [6.07, 6.45) is 6.59. The molecule has 0 radical (unpaired) electrons. The molecule has 1 saturated carbocycles. The summed E-state index contributed by atoms with van der Waals surface area (Å²) in [5.74, 6) is 0.717. The Morgan fingerprint density at radius 3 is 2.43 bits per heavy atom. The number of carbonyl (C=O) groups excluding carboxylic acids is 1. The molecular weight excluding hydrogens is 346 g/mol. The van der Waals surface area contributed by atoms with Crippen molar-refractivity contribution < 1.29 is 4.79 Å². The quantitative estimate of drug-likeness (QED) is 0.698. The summed E-state index contributed by atoms with van der Waals surface area (Å²) >= 11 is 0. The first-order chi connectivity index (χ1) is 13.8. The Labute approximate surface area is 165 Å². The van der Waals surface area contributed by atoms with Gasteiger partial charge >= 0.3 is 0 Å². The van der Waals surface area contributed by atoms with Gasteiger partial charge in [-0.05, 0) is 61.9 Å². The Hall–Kier alpha value is -2.59. The Bertz CT molecular complexity index is 952. The molecule has 2 heterocycles. The Balaban J connectivity index is 1.33. The highest BCUT2D eigenvalue weighted by atomic mass is 16.2. The molecule has 3 aromatic rings. The number of aromatic nitrogens is 1. The first-order valence-electron chi connectivity index (χ1n) is 10.4. The minimum Gasteiger partial charge on any atom is -0.361 e. The van der Waals surface area contributed by atoms with E-state index < -0.39 is 0 Å². The highest BCUT2D eigenvalue weighted by Gasteiger charge is 2.34. The standard InChI is InChI=1S/C24H27N3O/c28-24(26-19-10-11-19)23(18-6-2-1-3-7-18)27-14-12-17(13-15-27)21-16-25-22-9-5-4-8-20(21)22/h1-9,16-17,19,23,25H,10-15H2,(H,26,28). The molecule has 4 heteroatoms. The zero-order valence-electron chi connectivity index (χ0n) is 16.1. The second-order valence-electron chi connectivity index (χ2n) is 8.20. The lowest BCUT2D eigenvalue weighted by Crippen LogP contribution is -2.44. The third-order valence-electron chi connectivity index (χ3n) is 6.24. The van der Waals surface area contributed by atoms with Gasteiger partial charge in [-0.15, -0.1) is 0 Å². The molecule has 0 bridgehead atoms. The Morgan fingerprint density at radius 2 is 1.68 bits per heavy atom. The zero-order valence-corrected chi connectivity index (χ0v) is 16.1. The topological polar surface area (TPSA) is 48.1 Å². The van der Waals surface area contributed by atoms with Crippen LogP contribution in [0.5, 0.6) is 0 Å². The number of hydrogen-bond donors (Lipinski definition) is 2. The number of amides is 1. The third kappa shape index (κ3) is 3.45. The van der Waals surface area contributed by atoms with Crippen LogP contribution in [0, 0.1) is 0 Å². The van der Waals surface area contributed by atoms with Crippen LogP contribution in [-0.4, -0.2) is 34.9 Å². The van der Waals surface area contributed by atoms with Crippen LogP contribution in [0.15, 0.2) is 60.8 Å². The molecule has 5 rings (SSSR count). The molecule has 4 nitrogen and oxygen atoms in total. The Morgan fingerprint density at radius 1 is 0.964 bits per heavy atom. The van der Waals surface area contributed by atoms with Gasteiger partial charge in [0.1, 0.15) is 6.04 Å². The van der Waals surface area contributed by atoms with Crippen molar-refractivity contribution in [1.82, 2.24) is 15.2 Å². The maximum absolute atomic E-state index is 13.0. The highest BCUT2D eigenvalue weighted by Crippen LogP contribution is 2.36. The van der Waals surface area contributed by atoms with E-state index in [1.807, 2.05) is 18.2 Å². The fourth-order valence-corrected chi connectivity index (χ4v) is 4.57. The van der Waals surface area contributed by atoms with Gasteiger partial charge in [0.2, 0.25) is 5.91 Å². The largest absolute Gasteiger partial charge is 0.361 e. The number of nitrogens with one attached hydrogen (secondary N) is 2. The normalized spacial score (nSPS) is 19.6. The monoisotopic (exact) mass is 373 g/mol. The average Bonchev–Trinajstić information content (AvgIpc) is 3.45. The highest BCUT2D eigenvalue weighted by molar-refractivity contribution is 5.84. The first kappa shape index (κ1) is 17.5. The number of likely N-dealkylation sites (tertiary alicyclic amines) is 1. The summed E-state index contributed by atoms with van der Waals surface area (Å²) in [6, 6.07) is 19.0. The molecule has 2 aromatic carbocycles. The molecule has 1 aliphatic carbocycles. The van der Waals surface area contributed by atoms with E-state index >= 15 is 0 Å². The van der Waals surface area contributed by atoms with Gasteiger partial charge in [-0.1, -0.05) is 48.5 Å². The number of H-pyrrole nitrogens is 1. The molecule has 1 aliphatic heterocycles. The van der Waals surface area contributed by atoms with Gasteiger partial charge in [-0.2, -0.15) is 0 Å². The van der Waals surface area contributed by atoms with Gasteiger partial charge in [0.05, 0.1) is 0 Å². The number of hydrogen-bond acceptors (Lipinski definition) is 2. The second kappa shape index (κ2) is 7.44. The maximum atomic E-state index is 13.0. The van der Waals surface area contributed by atoms with Gasteiger partial charge in [0.25, 0.3) is 0 Å². The van der Waals surface area contributed by atoms with Crippen molar-refractivity contribution in [3.63, 3.8) is 0 Å². The van der Waals surface area contributed by atoms with E-state index in [9.17, 15) is 4.79 Å². The van der Waals surface area contributed by atoms with Gasteiger partial charge in [-0.25, -0.2) is 0 Å². The van der Waals surface area contributed by atoms with Crippen molar-refractivity contribution in [3.8, 4) is 0 Å². The summed E-state index contributed by atoms with van der Waals surface area (Å²) < 4.78 is 0. The van der Waals surface area contributed by atoms with E-state index in [-0.39, 0.29) is 11.9 Å². The third-order valence-corrected chi connectivity index (χ3v) is 6.24. The number of para-hydroxylation sites is 1. The molecule has 2 N–H and O–H groups in total. The summed E-state index contributed by atoms with van der Waals surface area (Å²) in [5.41, 5.74) is 3.74. The predicted octanol–water partition coefficient (Wildman–Crippen LogP) is 4.37. The summed E-state index contributed by atoms with van der Waals surface area (Å²) in [5, 5.41) is 4.57. The SMILES string of the molecule is O=C(NC1CC1)C(c1ccccc1)N1CCC(c2c[nH]c3ccccc23)CC1. The maximum Gasteiger partial charge on any atom is 0.242 e. The van der Waals surface area contributed by atoms with E-state index in [4.69, 9.17) is 0 Å². The minimum absolute atomic E-state index is 0.166. The summed E-state index contributed by atoms with van der Waals surface area (Å²) in [4.78, 5) is 18.8. The molecule has 1 amide bonds. The fraction of sp³-hybridized carbons (Fsp3) is 0.375. The van der Waals surface area contributed by atoms with Gasteiger partial charge < -0.3 is 10.3 Å². The molecule has 2 fully saturated rings. The van der Waals surface area contributed by atoms with Crippen LogP contribution in [0.3, 0.4) is 0 Å². The first-order valence-corrected chi connectivity index (χ1v) is 10.4. The fourth-order valence-electron chi connectivity index (χ4n) is 4.57. The number of rotatable bonds is 5. The van der Waals surface area contributed by atoms with Gasteiger partial charge in [0, 0.05) is 23.1 Å². The number of piperidine rings is 1. The number of nitrogens with zero attached hydrogens (tertiary/aromatic N) is 1. The van der Waals surface area contributed by atoms with E-state index in [0.717, 1.165) is 44.3 Å². The van der Waals surface area contributed by atoms with Crippen molar-refractivity contribution in [1.29, 1.82) is 0 Å². The van der Waals surface area contributed by atoms with Crippen LogP contribution in [0.1, 0.15) is 48.8 Å². The second-order valence-corrected chi connectivity index (χ2v) is 8.20. The van der Waals surface area contributed by atoms with E-state index in [1.165, 1.54) is 16.5 Å². The molecule has 1 atom stereocenters. The van der Waals surface area contributed by atoms with Crippen LogP contribution in [0.25, 0.3) is 10.9 Å². The molecule has 144 valence electrons. The van der Waals surface area contributed by atoms with Crippen LogP contribution in [0.4, 0.5) is 0 Å². The van der Waals surface area contributed by atoms with Crippen LogP contribution in [-0.2, 0) is 4.79 Å². The molecule has 2 aliphatic rings. The lowest BCUT2D eigenvalue weighted by molar-refractivity contribution is -0.127. The van der Waals surface area contributed by atoms with Crippen molar-refractivity contribution in [2.45, 2.75) is 43.7 Å². The predicted molar refractivity (Wildman–Crippen MR) is 112 cm³/mol. The molecule has 1 saturated heterocycles. The van der Waals surface area contributed by atoms with Crippen molar-refractivity contribution in [2.75, 3.05) is 13.1 Å².